The highest BCUT2D eigenvalue weighted by atomic mass is 35.5. The molecule has 20 heavy (non-hydrogen) atoms. The smallest absolute Gasteiger partial charge is 0.309 e. The molecule has 0 saturated carbocycles. The van der Waals surface area contributed by atoms with E-state index in [2.05, 4.69) is 10.1 Å². The highest BCUT2D eigenvalue weighted by Crippen LogP contribution is 2.29. The van der Waals surface area contributed by atoms with Gasteiger partial charge in [0.25, 0.3) is 0 Å². The Morgan fingerprint density at radius 3 is 2.75 bits per heavy atom. The van der Waals surface area contributed by atoms with E-state index < -0.39 is 0 Å². The summed E-state index contributed by atoms with van der Waals surface area (Å²) >= 11 is 13.2. The monoisotopic (exact) mass is 335 g/mol. The van der Waals surface area contributed by atoms with E-state index in [0.29, 0.717) is 21.5 Å². The summed E-state index contributed by atoms with van der Waals surface area (Å²) in [6.07, 6.45) is 0. The van der Waals surface area contributed by atoms with Crippen LogP contribution in [0.4, 0.5) is 5.69 Å². The highest BCUT2D eigenvalue weighted by molar-refractivity contribution is 8.00. The Hall–Kier alpha value is -0.910. The van der Waals surface area contributed by atoms with Gasteiger partial charge in [-0.05, 0) is 12.1 Å². The first-order chi connectivity index (χ1) is 9.45. The molecule has 1 unspecified atom stereocenters. The summed E-state index contributed by atoms with van der Waals surface area (Å²) in [7, 11) is 1.34. The van der Waals surface area contributed by atoms with Crippen LogP contribution in [0.5, 0.6) is 0 Å². The maximum absolute atomic E-state index is 11.7. The van der Waals surface area contributed by atoms with E-state index in [0.717, 1.165) is 0 Å². The van der Waals surface area contributed by atoms with Gasteiger partial charge in [0.1, 0.15) is 0 Å². The molecular weight excluding hydrogens is 321 g/mol. The Balaban J connectivity index is 2.41. The molecule has 0 aliphatic heterocycles. The van der Waals surface area contributed by atoms with E-state index in [1.54, 1.807) is 25.1 Å². The van der Waals surface area contributed by atoms with Gasteiger partial charge in [0.15, 0.2) is 0 Å². The number of rotatable bonds is 6. The van der Waals surface area contributed by atoms with Crippen molar-refractivity contribution in [1.29, 1.82) is 0 Å². The molecule has 0 aromatic heterocycles. The fourth-order valence-corrected chi connectivity index (χ4v) is 2.60. The van der Waals surface area contributed by atoms with Crippen molar-refractivity contribution in [2.24, 2.45) is 5.92 Å². The van der Waals surface area contributed by atoms with Crippen molar-refractivity contribution in [3.8, 4) is 0 Å². The van der Waals surface area contributed by atoms with Gasteiger partial charge in [-0.15, -0.1) is 0 Å². The lowest BCUT2D eigenvalue weighted by molar-refractivity contribution is -0.144. The van der Waals surface area contributed by atoms with Gasteiger partial charge in [-0.2, -0.15) is 11.8 Å². The molecule has 0 aliphatic carbocycles. The number of nitrogens with one attached hydrogen (secondary N) is 1. The number of carbonyl (C=O) groups is 2. The number of esters is 1. The van der Waals surface area contributed by atoms with E-state index in [-0.39, 0.29) is 23.5 Å². The summed E-state index contributed by atoms with van der Waals surface area (Å²) in [6.45, 7) is 1.75. The average molecular weight is 336 g/mol. The summed E-state index contributed by atoms with van der Waals surface area (Å²) in [5.74, 6) is 0.0210. The Labute approximate surface area is 132 Å². The van der Waals surface area contributed by atoms with Crippen LogP contribution >= 0.6 is 35.0 Å². The van der Waals surface area contributed by atoms with Gasteiger partial charge < -0.3 is 10.1 Å². The third-order valence-corrected chi connectivity index (χ3v) is 4.45. The second-order valence-electron chi connectivity index (χ2n) is 4.09. The Morgan fingerprint density at radius 1 is 1.40 bits per heavy atom. The van der Waals surface area contributed by atoms with Crippen molar-refractivity contribution in [3.63, 3.8) is 0 Å². The van der Waals surface area contributed by atoms with Crippen molar-refractivity contribution >= 4 is 52.5 Å². The van der Waals surface area contributed by atoms with Gasteiger partial charge in [0, 0.05) is 5.75 Å². The van der Waals surface area contributed by atoms with Crippen LogP contribution in [0.25, 0.3) is 0 Å². The summed E-state index contributed by atoms with van der Waals surface area (Å²) in [6, 6.07) is 5.02. The molecule has 0 aliphatic rings. The standard InChI is InChI=1S/C13H15Cl2NO3S/c1-8(13(18)19-2)6-20-7-11(17)16-10-5-3-4-9(14)12(10)15/h3-5,8H,6-7H2,1-2H3,(H,16,17). The van der Waals surface area contributed by atoms with Gasteiger partial charge in [-0.25, -0.2) is 0 Å². The number of amides is 1. The lowest BCUT2D eigenvalue weighted by atomic mass is 10.2. The lowest BCUT2D eigenvalue weighted by Crippen LogP contribution is -2.18. The minimum absolute atomic E-state index is 0.198. The van der Waals surface area contributed by atoms with Gasteiger partial charge in [0.05, 0.1) is 34.5 Å². The van der Waals surface area contributed by atoms with E-state index in [4.69, 9.17) is 23.2 Å². The van der Waals surface area contributed by atoms with Crippen LogP contribution in [-0.2, 0) is 14.3 Å². The molecule has 1 aromatic carbocycles. The number of carbonyl (C=O) groups excluding carboxylic acids is 2. The molecular formula is C13H15Cl2NO3S. The highest BCUT2D eigenvalue weighted by Gasteiger charge is 2.14. The maximum atomic E-state index is 11.7. The van der Waals surface area contributed by atoms with E-state index in [9.17, 15) is 9.59 Å². The molecule has 1 amide bonds. The first-order valence-electron chi connectivity index (χ1n) is 5.85. The molecule has 0 fully saturated rings. The van der Waals surface area contributed by atoms with Crippen molar-refractivity contribution in [1.82, 2.24) is 0 Å². The van der Waals surface area contributed by atoms with Crippen LogP contribution in [0.15, 0.2) is 18.2 Å². The number of hydrogen-bond acceptors (Lipinski definition) is 4. The van der Waals surface area contributed by atoms with E-state index in [1.807, 2.05) is 0 Å². The molecule has 0 heterocycles. The molecule has 110 valence electrons. The number of thioether (sulfide) groups is 1. The molecule has 4 nitrogen and oxygen atoms in total. The maximum Gasteiger partial charge on any atom is 0.309 e. The first-order valence-corrected chi connectivity index (χ1v) is 7.76. The molecule has 1 aromatic rings. The Bertz CT molecular complexity index is 497. The van der Waals surface area contributed by atoms with Crippen LogP contribution in [0.2, 0.25) is 10.0 Å². The van der Waals surface area contributed by atoms with E-state index in [1.165, 1.54) is 18.9 Å². The summed E-state index contributed by atoms with van der Waals surface area (Å²) < 4.78 is 4.61. The number of halogens is 2. The number of anilines is 1. The topological polar surface area (TPSA) is 55.4 Å². The third kappa shape index (κ3) is 5.23. The zero-order chi connectivity index (χ0) is 15.1. The number of benzene rings is 1. The minimum atomic E-state index is -0.282. The molecule has 1 rings (SSSR count). The van der Waals surface area contributed by atoms with Crippen molar-refractivity contribution in [2.75, 3.05) is 23.9 Å². The molecule has 7 heteroatoms. The summed E-state index contributed by atoms with van der Waals surface area (Å²) in [4.78, 5) is 22.9. The molecule has 0 saturated heterocycles. The van der Waals surface area contributed by atoms with Crippen molar-refractivity contribution < 1.29 is 14.3 Å². The Morgan fingerprint density at radius 2 is 2.10 bits per heavy atom. The second kappa shape index (κ2) is 8.39. The van der Waals surface area contributed by atoms with Crippen molar-refractivity contribution in [2.45, 2.75) is 6.92 Å². The normalized spacial score (nSPS) is 11.8. The lowest BCUT2D eigenvalue weighted by Gasteiger charge is -2.10. The predicted octanol–water partition coefficient (Wildman–Crippen LogP) is 3.47. The average Bonchev–Trinajstić information content (AvgIpc) is 2.42. The second-order valence-corrected chi connectivity index (χ2v) is 5.90. The van der Waals surface area contributed by atoms with Crippen LogP contribution in [0.3, 0.4) is 0 Å². The summed E-state index contributed by atoms with van der Waals surface area (Å²) in [5, 5.41) is 3.38. The number of methoxy groups -OCH3 is 1. The van der Waals surface area contributed by atoms with E-state index >= 15 is 0 Å². The van der Waals surface area contributed by atoms with Gasteiger partial charge in [0.2, 0.25) is 5.91 Å². The molecule has 0 radical (unpaired) electrons. The molecule has 1 N–H and O–H groups in total. The fraction of sp³-hybridized carbons (Fsp3) is 0.385. The number of hydrogen-bond donors (Lipinski definition) is 1. The molecule has 1 atom stereocenters. The zero-order valence-corrected chi connectivity index (χ0v) is 13.4. The quantitative estimate of drug-likeness (QED) is 0.808. The van der Waals surface area contributed by atoms with Crippen LogP contribution in [0, 0.1) is 5.92 Å². The Kier molecular flexibility index (Phi) is 7.19. The number of ether oxygens (including phenoxy) is 1. The van der Waals surface area contributed by atoms with Gasteiger partial charge >= 0.3 is 5.97 Å². The van der Waals surface area contributed by atoms with Crippen LogP contribution < -0.4 is 5.32 Å². The van der Waals surface area contributed by atoms with Crippen molar-refractivity contribution in [3.05, 3.63) is 28.2 Å². The predicted molar refractivity (Wildman–Crippen MR) is 83.6 cm³/mol. The third-order valence-electron chi connectivity index (χ3n) is 2.43. The largest absolute Gasteiger partial charge is 0.469 e. The SMILES string of the molecule is COC(=O)C(C)CSCC(=O)Nc1cccc(Cl)c1Cl. The zero-order valence-electron chi connectivity index (χ0n) is 11.1. The minimum Gasteiger partial charge on any atom is -0.469 e. The molecule has 0 spiro atoms. The van der Waals surface area contributed by atoms with Crippen LogP contribution in [-0.4, -0.2) is 30.5 Å². The first kappa shape index (κ1) is 17.1. The van der Waals surface area contributed by atoms with Gasteiger partial charge in [-0.1, -0.05) is 36.2 Å². The fourth-order valence-electron chi connectivity index (χ4n) is 1.38. The van der Waals surface area contributed by atoms with Crippen LogP contribution in [0.1, 0.15) is 6.92 Å². The molecule has 0 bridgehead atoms. The van der Waals surface area contributed by atoms with Gasteiger partial charge in [-0.3, -0.25) is 9.59 Å². The summed E-state index contributed by atoms with van der Waals surface area (Å²) in [5.41, 5.74) is 0.478.